The van der Waals surface area contributed by atoms with Crippen LogP contribution in [0, 0.1) is 0 Å². The zero-order chi connectivity index (χ0) is 18.3. The molecule has 7 nitrogen and oxygen atoms in total. The Bertz CT molecular complexity index is 583. The molecule has 1 aliphatic rings. The van der Waals surface area contributed by atoms with Crippen LogP contribution in [0.25, 0.3) is 0 Å². The van der Waals surface area contributed by atoms with Crippen molar-refractivity contribution in [2.24, 2.45) is 4.99 Å². The van der Waals surface area contributed by atoms with Gasteiger partial charge in [0.15, 0.2) is 5.96 Å². The third-order valence-corrected chi connectivity index (χ3v) is 3.61. The van der Waals surface area contributed by atoms with Crippen LogP contribution in [0.5, 0.6) is 0 Å². The Morgan fingerprint density at radius 1 is 1.42 bits per heavy atom. The second kappa shape index (κ2) is 10.5. The van der Waals surface area contributed by atoms with Crippen molar-refractivity contribution in [3.05, 3.63) is 30.1 Å². The Morgan fingerprint density at radius 3 is 2.73 bits per heavy atom. The number of nitrogens with zero attached hydrogens (tertiary/aromatic N) is 3. The van der Waals surface area contributed by atoms with Crippen molar-refractivity contribution in [2.45, 2.75) is 45.8 Å². The Kier molecular flexibility index (Phi) is 9.11. The van der Waals surface area contributed by atoms with E-state index in [4.69, 9.17) is 4.74 Å². The molecule has 0 radical (unpaired) electrons. The van der Waals surface area contributed by atoms with Gasteiger partial charge in [0.25, 0.3) is 0 Å². The van der Waals surface area contributed by atoms with Gasteiger partial charge >= 0.3 is 6.09 Å². The van der Waals surface area contributed by atoms with Gasteiger partial charge in [0.1, 0.15) is 5.60 Å². The monoisotopic (exact) mass is 475 g/mol. The molecule has 2 heterocycles. The number of hydrogen-bond acceptors (Lipinski definition) is 4. The van der Waals surface area contributed by atoms with Gasteiger partial charge in [0.05, 0.1) is 6.04 Å². The van der Waals surface area contributed by atoms with Gasteiger partial charge in [-0.05, 0) is 45.7 Å². The number of likely N-dealkylation sites (tertiary alicyclic amines) is 1. The lowest BCUT2D eigenvalue weighted by Gasteiger charge is -2.40. The molecule has 1 aromatic heterocycles. The summed E-state index contributed by atoms with van der Waals surface area (Å²) in [4.78, 5) is 22.4. The highest BCUT2D eigenvalue weighted by Crippen LogP contribution is 2.15. The highest BCUT2D eigenvalue weighted by molar-refractivity contribution is 14.0. The second-order valence-corrected chi connectivity index (χ2v) is 7.10. The van der Waals surface area contributed by atoms with E-state index in [2.05, 4.69) is 20.6 Å². The predicted molar refractivity (Wildman–Crippen MR) is 114 cm³/mol. The fourth-order valence-corrected chi connectivity index (χ4v) is 2.40. The third kappa shape index (κ3) is 7.76. The SMILES string of the molecule is CCNC(=NCCc1cccnc1)NC1CN(C(=O)OC(C)(C)C)C1.I. The van der Waals surface area contributed by atoms with Crippen LogP contribution in [0.15, 0.2) is 29.5 Å². The van der Waals surface area contributed by atoms with Crippen molar-refractivity contribution in [1.82, 2.24) is 20.5 Å². The van der Waals surface area contributed by atoms with Crippen LogP contribution in [-0.4, -0.2) is 59.8 Å². The molecule has 0 aromatic carbocycles. The topological polar surface area (TPSA) is 78.9 Å². The number of hydrogen-bond donors (Lipinski definition) is 2. The van der Waals surface area contributed by atoms with E-state index in [1.807, 2.05) is 46.0 Å². The summed E-state index contributed by atoms with van der Waals surface area (Å²) in [7, 11) is 0. The Balaban J connectivity index is 0.00000338. The molecule has 26 heavy (non-hydrogen) atoms. The van der Waals surface area contributed by atoms with Crippen molar-refractivity contribution in [1.29, 1.82) is 0 Å². The summed E-state index contributed by atoms with van der Waals surface area (Å²) in [6.07, 6.45) is 4.22. The number of nitrogens with one attached hydrogen (secondary N) is 2. The minimum absolute atomic E-state index is 0. The normalized spacial score (nSPS) is 14.9. The quantitative estimate of drug-likeness (QED) is 0.389. The van der Waals surface area contributed by atoms with Gasteiger partial charge in [-0.15, -0.1) is 24.0 Å². The van der Waals surface area contributed by atoms with Crippen molar-refractivity contribution in [3.63, 3.8) is 0 Å². The first-order chi connectivity index (χ1) is 11.9. The van der Waals surface area contributed by atoms with Crippen LogP contribution < -0.4 is 10.6 Å². The summed E-state index contributed by atoms with van der Waals surface area (Å²) in [6.45, 7) is 10.4. The standard InChI is InChI=1S/C18H29N5O2.HI/c1-5-20-16(21-10-8-14-7-6-9-19-11-14)22-15-12-23(13-15)17(24)25-18(2,3)4;/h6-7,9,11,15H,5,8,10,12-13H2,1-4H3,(H2,20,21,22);1H. The van der Waals surface area contributed by atoms with Crippen LogP contribution in [0.1, 0.15) is 33.3 Å². The van der Waals surface area contributed by atoms with Gasteiger partial charge < -0.3 is 20.3 Å². The van der Waals surface area contributed by atoms with Gasteiger partial charge in [0.2, 0.25) is 0 Å². The van der Waals surface area contributed by atoms with Crippen molar-refractivity contribution < 1.29 is 9.53 Å². The molecule has 146 valence electrons. The minimum Gasteiger partial charge on any atom is -0.444 e. The van der Waals surface area contributed by atoms with Crippen LogP contribution in [-0.2, 0) is 11.2 Å². The Morgan fingerprint density at radius 2 is 2.15 bits per heavy atom. The molecule has 0 aliphatic carbocycles. The minimum atomic E-state index is -0.460. The van der Waals surface area contributed by atoms with E-state index in [1.54, 1.807) is 11.1 Å². The summed E-state index contributed by atoms with van der Waals surface area (Å²) in [5.41, 5.74) is 0.708. The van der Waals surface area contributed by atoms with Gasteiger partial charge in [-0.2, -0.15) is 0 Å². The number of ether oxygens (including phenoxy) is 1. The second-order valence-electron chi connectivity index (χ2n) is 7.10. The average molecular weight is 475 g/mol. The number of amides is 1. The highest BCUT2D eigenvalue weighted by Gasteiger charge is 2.34. The number of halogens is 1. The number of rotatable bonds is 5. The molecule has 0 unspecified atom stereocenters. The maximum absolute atomic E-state index is 12.0. The van der Waals surface area contributed by atoms with Crippen LogP contribution in [0.3, 0.4) is 0 Å². The van der Waals surface area contributed by atoms with E-state index in [1.165, 1.54) is 5.56 Å². The maximum atomic E-state index is 12.0. The molecule has 1 amide bonds. The molecule has 2 N–H and O–H groups in total. The Hall–Kier alpha value is -1.58. The molecule has 1 aliphatic heterocycles. The van der Waals surface area contributed by atoms with E-state index in [9.17, 15) is 4.79 Å². The number of pyridine rings is 1. The molecule has 0 bridgehead atoms. The molecule has 0 spiro atoms. The molecule has 1 aromatic rings. The van der Waals surface area contributed by atoms with Crippen LogP contribution in [0.4, 0.5) is 4.79 Å². The fraction of sp³-hybridized carbons (Fsp3) is 0.611. The Labute approximate surface area is 173 Å². The molecule has 0 saturated carbocycles. The van der Waals surface area contributed by atoms with E-state index in [0.29, 0.717) is 19.6 Å². The number of aromatic nitrogens is 1. The van der Waals surface area contributed by atoms with E-state index in [0.717, 1.165) is 18.9 Å². The zero-order valence-corrected chi connectivity index (χ0v) is 18.3. The van der Waals surface area contributed by atoms with Crippen molar-refractivity contribution >= 4 is 36.0 Å². The summed E-state index contributed by atoms with van der Waals surface area (Å²) < 4.78 is 5.36. The molecular formula is C18H30IN5O2. The van der Waals surface area contributed by atoms with Crippen LogP contribution >= 0.6 is 24.0 Å². The number of guanidine groups is 1. The van der Waals surface area contributed by atoms with Crippen LogP contribution in [0.2, 0.25) is 0 Å². The largest absolute Gasteiger partial charge is 0.444 e. The van der Waals surface area contributed by atoms with Gasteiger partial charge in [-0.25, -0.2) is 4.79 Å². The number of aliphatic imine (C=N–C) groups is 1. The summed E-state index contributed by atoms with van der Waals surface area (Å²) in [6, 6.07) is 4.18. The van der Waals surface area contributed by atoms with E-state index >= 15 is 0 Å². The van der Waals surface area contributed by atoms with Gasteiger partial charge in [0, 0.05) is 38.6 Å². The number of carbonyl (C=O) groups excluding carboxylic acids is 1. The zero-order valence-electron chi connectivity index (χ0n) is 16.0. The number of carbonyl (C=O) groups is 1. The van der Waals surface area contributed by atoms with Crippen molar-refractivity contribution in [2.75, 3.05) is 26.2 Å². The average Bonchev–Trinajstić information content (AvgIpc) is 2.49. The first kappa shape index (κ1) is 22.5. The molecule has 0 atom stereocenters. The molecule has 1 saturated heterocycles. The smallest absolute Gasteiger partial charge is 0.410 e. The fourth-order valence-electron chi connectivity index (χ4n) is 2.40. The van der Waals surface area contributed by atoms with Gasteiger partial charge in [-0.1, -0.05) is 6.07 Å². The lowest BCUT2D eigenvalue weighted by molar-refractivity contribution is 0.00701. The lowest BCUT2D eigenvalue weighted by atomic mass is 10.1. The van der Waals surface area contributed by atoms with Crippen molar-refractivity contribution in [3.8, 4) is 0 Å². The molecule has 8 heteroatoms. The summed E-state index contributed by atoms with van der Waals surface area (Å²) >= 11 is 0. The first-order valence-electron chi connectivity index (χ1n) is 8.79. The predicted octanol–water partition coefficient (Wildman–Crippen LogP) is 2.42. The summed E-state index contributed by atoms with van der Waals surface area (Å²) in [5, 5.41) is 6.60. The first-order valence-corrected chi connectivity index (χ1v) is 8.79. The molecular weight excluding hydrogens is 445 g/mol. The van der Waals surface area contributed by atoms with E-state index < -0.39 is 5.60 Å². The lowest BCUT2D eigenvalue weighted by Crippen LogP contribution is -2.63. The molecule has 1 fully saturated rings. The van der Waals surface area contributed by atoms with Gasteiger partial charge in [-0.3, -0.25) is 9.98 Å². The molecule has 2 rings (SSSR count). The maximum Gasteiger partial charge on any atom is 0.410 e. The summed E-state index contributed by atoms with van der Waals surface area (Å²) in [5.74, 6) is 0.778. The van der Waals surface area contributed by atoms with E-state index in [-0.39, 0.29) is 36.1 Å². The highest BCUT2D eigenvalue weighted by atomic mass is 127. The third-order valence-electron chi connectivity index (χ3n) is 3.61.